The SMILES string of the molecule is Cc1cc(C)c2cccc(OCc3c(Cl)ccc(S(=O)(=O)N4CCC[C@H]4C(=O)NCC4CCN(C(=N)N)CC4)c3Cl)c2n1.Cl.Cl. The highest BCUT2D eigenvalue weighted by molar-refractivity contribution is 7.89. The van der Waals surface area contributed by atoms with Crippen molar-refractivity contribution in [1.82, 2.24) is 19.5 Å². The van der Waals surface area contributed by atoms with Crippen LogP contribution in [0.4, 0.5) is 0 Å². The van der Waals surface area contributed by atoms with Gasteiger partial charge in [-0.25, -0.2) is 13.4 Å². The standard InChI is InChI=1S/C30H36Cl2N6O4S.2ClH/c1-18-15-19(2)36-28-21(18)5-3-7-25(28)42-17-22-23(31)8-9-26(27(22)32)43(40,41)38-12-4-6-24(38)29(39)35-16-20-10-13-37(14-11-20)30(33)34;;/h3,5,7-9,15,20,24H,4,6,10-14,16-17H2,1-2H3,(H3,33,34)(H,35,39);2*1H/t24-;;/m0../s1. The number of rotatable bonds is 8. The predicted octanol–water partition coefficient (Wildman–Crippen LogP) is 5.46. The summed E-state index contributed by atoms with van der Waals surface area (Å²) < 4.78 is 35.1. The summed E-state index contributed by atoms with van der Waals surface area (Å²) in [6.45, 7) is 5.84. The maximum atomic E-state index is 13.9. The minimum atomic E-state index is -4.12. The lowest BCUT2D eigenvalue weighted by Gasteiger charge is -2.32. The number of sulfonamides is 1. The summed E-state index contributed by atoms with van der Waals surface area (Å²) in [6.07, 6.45) is 2.57. The molecule has 1 aromatic heterocycles. The second-order valence-corrected chi connectivity index (χ2v) is 13.8. The Morgan fingerprint density at radius 3 is 2.51 bits per heavy atom. The zero-order valence-electron chi connectivity index (χ0n) is 25.0. The van der Waals surface area contributed by atoms with Gasteiger partial charge in [-0.15, -0.1) is 24.8 Å². The van der Waals surface area contributed by atoms with Gasteiger partial charge in [0.2, 0.25) is 15.9 Å². The molecule has 1 amide bonds. The van der Waals surface area contributed by atoms with Crippen LogP contribution in [0.5, 0.6) is 5.75 Å². The first-order valence-corrected chi connectivity index (χ1v) is 16.5. The molecule has 3 aromatic rings. The summed E-state index contributed by atoms with van der Waals surface area (Å²) in [5.74, 6) is 0.510. The molecule has 2 fully saturated rings. The zero-order chi connectivity index (χ0) is 30.9. The first-order chi connectivity index (χ1) is 20.5. The maximum Gasteiger partial charge on any atom is 0.245 e. The molecular weight excluding hydrogens is 682 g/mol. The van der Waals surface area contributed by atoms with Crippen LogP contribution in [-0.2, 0) is 21.4 Å². The van der Waals surface area contributed by atoms with Crippen LogP contribution in [0.15, 0.2) is 41.3 Å². The number of nitrogens with zero attached hydrogens (tertiary/aromatic N) is 3. The van der Waals surface area contributed by atoms with Crippen molar-refractivity contribution in [3.63, 3.8) is 0 Å². The molecular formula is C30H38Cl4N6O4S. The average Bonchev–Trinajstić information content (AvgIpc) is 3.47. The second kappa shape index (κ2) is 15.4. The normalized spacial score (nSPS) is 17.4. The number of carbonyl (C=O) groups is 1. The van der Waals surface area contributed by atoms with Gasteiger partial charge in [-0.3, -0.25) is 10.2 Å². The molecule has 0 bridgehead atoms. The van der Waals surface area contributed by atoms with Crippen LogP contribution in [-0.4, -0.2) is 66.7 Å². The molecule has 5 rings (SSSR count). The lowest BCUT2D eigenvalue weighted by atomic mass is 9.97. The number of hydrogen-bond acceptors (Lipinski definition) is 6. The van der Waals surface area contributed by atoms with Crippen LogP contribution in [0.1, 0.15) is 42.5 Å². The highest BCUT2D eigenvalue weighted by Gasteiger charge is 2.41. The van der Waals surface area contributed by atoms with Gasteiger partial charge in [0.25, 0.3) is 0 Å². The smallest absolute Gasteiger partial charge is 0.245 e. The Bertz CT molecular complexity index is 1670. The third-order valence-corrected chi connectivity index (χ3v) is 11.1. The van der Waals surface area contributed by atoms with Gasteiger partial charge >= 0.3 is 0 Å². The van der Waals surface area contributed by atoms with E-state index in [0.717, 1.165) is 29.5 Å². The van der Waals surface area contributed by atoms with Crippen LogP contribution in [0.3, 0.4) is 0 Å². The number of halogens is 4. The molecule has 10 nitrogen and oxygen atoms in total. The first-order valence-electron chi connectivity index (χ1n) is 14.3. The van der Waals surface area contributed by atoms with E-state index in [1.807, 2.05) is 32.0 Å². The van der Waals surface area contributed by atoms with Crippen molar-refractivity contribution in [2.24, 2.45) is 11.7 Å². The van der Waals surface area contributed by atoms with Gasteiger partial charge in [-0.1, -0.05) is 35.3 Å². The minimum Gasteiger partial charge on any atom is -0.487 e. The van der Waals surface area contributed by atoms with E-state index in [0.29, 0.717) is 49.3 Å². The molecule has 0 spiro atoms. The van der Waals surface area contributed by atoms with Crippen molar-refractivity contribution < 1.29 is 17.9 Å². The number of para-hydroxylation sites is 1. The van der Waals surface area contributed by atoms with Crippen molar-refractivity contribution >= 4 is 80.8 Å². The van der Waals surface area contributed by atoms with Crippen molar-refractivity contribution in [2.75, 3.05) is 26.2 Å². The van der Waals surface area contributed by atoms with Gasteiger partial charge < -0.3 is 20.7 Å². The number of aryl methyl sites for hydroxylation is 2. The lowest BCUT2D eigenvalue weighted by Crippen LogP contribution is -2.48. The van der Waals surface area contributed by atoms with E-state index in [2.05, 4.69) is 10.3 Å². The maximum absolute atomic E-state index is 13.9. The predicted molar refractivity (Wildman–Crippen MR) is 183 cm³/mol. The second-order valence-electron chi connectivity index (χ2n) is 11.2. The number of nitrogens with one attached hydrogen (secondary N) is 2. The number of carbonyl (C=O) groups excluding carboxylic acids is 1. The van der Waals surface area contributed by atoms with Gasteiger partial charge in [-0.2, -0.15) is 4.31 Å². The Hall–Kier alpha value is -2.54. The van der Waals surface area contributed by atoms with Crippen LogP contribution < -0.4 is 15.8 Å². The molecule has 0 aliphatic carbocycles. The van der Waals surface area contributed by atoms with Crippen LogP contribution >= 0.6 is 48.0 Å². The molecule has 2 saturated heterocycles. The first kappa shape index (κ1) is 36.9. The number of amides is 1. The van der Waals surface area contributed by atoms with Gasteiger partial charge in [-0.05, 0) is 75.3 Å². The fourth-order valence-electron chi connectivity index (χ4n) is 5.89. The fourth-order valence-corrected chi connectivity index (χ4v) is 8.41. The number of aromatic nitrogens is 1. The van der Waals surface area contributed by atoms with Crippen LogP contribution in [0.2, 0.25) is 10.0 Å². The van der Waals surface area contributed by atoms with Crippen LogP contribution in [0.25, 0.3) is 10.9 Å². The summed E-state index contributed by atoms with van der Waals surface area (Å²) in [7, 11) is -4.12. The molecule has 4 N–H and O–H groups in total. The third-order valence-electron chi connectivity index (χ3n) is 8.27. The molecule has 2 aliphatic rings. The Kier molecular flexibility index (Phi) is 12.6. The monoisotopic (exact) mass is 718 g/mol. The number of hydrogen-bond donors (Lipinski definition) is 3. The highest BCUT2D eigenvalue weighted by Crippen LogP contribution is 2.36. The Morgan fingerprint density at radius 2 is 1.82 bits per heavy atom. The van der Waals surface area contributed by atoms with E-state index in [9.17, 15) is 13.2 Å². The fraction of sp³-hybridized carbons (Fsp3) is 0.433. The molecule has 2 aromatic carbocycles. The molecule has 1 atom stereocenters. The molecule has 0 radical (unpaired) electrons. The van der Waals surface area contributed by atoms with E-state index in [1.165, 1.54) is 16.4 Å². The van der Waals surface area contributed by atoms with Gasteiger partial charge in [0, 0.05) is 47.8 Å². The largest absolute Gasteiger partial charge is 0.487 e. The van der Waals surface area contributed by atoms with E-state index in [1.54, 1.807) is 11.0 Å². The molecule has 3 heterocycles. The summed E-state index contributed by atoms with van der Waals surface area (Å²) in [5, 5.41) is 11.7. The average molecular weight is 721 g/mol. The van der Waals surface area contributed by atoms with Crippen molar-refractivity contribution in [2.45, 2.75) is 57.1 Å². The zero-order valence-corrected chi connectivity index (χ0v) is 29.0. The topological polar surface area (TPSA) is 142 Å². The minimum absolute atomic E-state index is 0. The summed E-state index contributed by atoms with van der Waals surface area (Å²) in [4.78, 5) is 19.5. The number of guanidine groups is 1. The van der Waals surface area contributed by atoms with Gasteiger partial charge in [0.05, 0.1) is 5.02 Å². The van der Waals surface area contributed by atoms with E-state index >= 15 is 0 Å². The van der Waals surface area contributed by atoms with Crippen molar-refractivity contribution in [1.29, 1.82) is 5.41 Å². The molecule has 2 aliphatic heterocycles. The Labute approximate surface area is 286 Å². The quantitative estimate of drug-likeness (QED) is 0.208. The van der Waals surface area contributed by atoms with Crippen molar-refractivity contribution in [3.05, 3.63) is 63.3 Å². The summed E-state index contributed by atoms with van der Waals surface area (Å²) in [6, 6.07) is 9.69. The van der Waals surface area contributed by atoms with E-state index < -0.39 is 16.1 Å². The number of ether oxygens (including phenoxy) is 1. The van der Waals surface area contributed by atoms with Gasteiger partial charge in [0.15, 0.2) is 5.96 Å². The van der Waals surface area contributed by atoms with Crippen LogP contribution in [0, 0.1) is 25.2 Å². The molecule has 45 heavy (non-hydrogen) atoms. The van der Waals surface area contributed by atoms with E-state index in [4.69, 9.17) is 39.1 Å². The summed E-state index contributed by atoms with van der Waals surface area (Å²) >= 11 is 13.2. The molecule has 246 valence electrons. The molecule has 0 unspecified atom stereocenters. The number of benzene rings is 2. The number of likely N-dealkylation sites (tertiary alicyclic amines) is 1. The summed E-state index contributed by atoms with van der Waals surface area (Å²) in [5.41, 5.74) is 8.53. The highest BCUT2D eigenvalue weighted by atomic mass is 35.5. The molecule has 15 heteroatoms. The number of pyridine rings is 1. The number of piperidine rings is 1. The Morgan fingerprint density at radius 1 is 1.11 bits per heavy atom. The van der Waals surface area contributed by atoms with Crippen molar-refractivity contribution in [3.8, 4) is 5.75 Å². The number of fused-ring (bicyclic) bond motifs is 1. The van der Waals surface area contributed by atoms with Gasteiger partial charge in [0.1, 0.15) is 28.8 Å². The Balaban J connectivity index is 0.00000276. The third kappa shape index (κ3) is 7.89. The number of nitrogens with two attached hydrogens (primary N) is 1. The van der Waals surface area contributed by atoms with E-state index in [-0.39, 0.29) is 70.7 Å². The lowest BCUT2D eigenvalue weighted by molar-refractivity contribution is -0.124. The molecule has 0 saturated carbocycles.